The van der Waals surface area contributed by atoms with Gasteiger partial charge in [0.1, 0.15) is 11.7 Å². The van der Waals surface area contributed by atoms with E-state index < -0.39 is 0 Å². The van der Waals surface area contributed by atoms with E-state index in [4.69, 9.17) is 16.1 Å². The number of aryl methyl sites for hydroxylation is 2. The summed E-state index contributed by atoms with van der Waals surface area (Å²) in [6, 6.07) is 12.1. The zero-order valence-electron chi connectivity index (χ0n) is 12.3. The highest BCUT2D eigenvalue weighted by atomic mass is 15.2. The van der Waals surface area contributed by atoms with E-state index in [1.807, 2.05) is 25.2 Å². The van der Waals surface area contributed by atoms with Crippen LogP contribution in [0.4, 0.5) is 5.82 Å². The van der Waals surface area contributed by atoms with Gasteiger partial charge in [-0.25, -0.2) is 4.98 Å². The summed E-state index contributed by atoms with van der Waals surface area (Å²) in [6.07, 6.45) is 3.47. The number of nitrogens with two attached hydrogens (primary N) is 1. The maximum absolute atomic E-state index is 7.51. The standard InChI is InChI=1S/C17H20N4/c1-21(11-12-4-2-6-14(10-12)17(18)19)16-9-8-13-5-3-7-15(13)20-16/h2,4,6,8-10H,3,5,7,11H2,1H3,(H3,18,19). The van der Waals surface area contributed by atoms with Crippen LogP contribution >= 0.6 is 0 Å². The van der Waals surface area contributed by atoms with Crippen LogP contribution in [0.3, 0.4) is 0 Å². The Kier molecular flexibility index (Phi) is 3.60. The van der Waals surface area contributed by atoms with Gasteiger partial charge in [-0.3, -0.25) is 5.41 Å². The van der Waals surface area contributed by atoms with Crippen LogP contribution in [-0.2, 0) is 19.4 Å². The predicted molar refractivity (Wildman–Crippen MR) is 85.8 cm³/mol. The fourth-order valence-electron chi connectivity index (χ4n) is 2.81. The first-order chi connectivity index (χ1) is 10.1. The van der Waals surface area contributed by atoms with E-state index in [-0.39, 0.29) is 5.84 Å². The molecule has 0 spiro atoms. The minimum Gasteiger partial charge on any atom is -0.384 e. The van der Waals surface area contributed by atoms with Gasteiger partial charge in [0.2, 0.25) is 0 Å². The second-order valence-electron chi connectivity index (χ2n) is 5.60. The third-order valence-corrected chi connectivity index (χ3v) is 3.96. The molecule has 1 aliphatic rings. The Morgan fingerprint density at radius 1 is 1.29 bits per heavy atom. The summed E-state index contributed by atoms with van der Waals surface area (Å²) in [5.41, 5.74) is 10.1. The highest BCUT2D eigenvalue weighted by molar-refractivity contribution is 5.95. The van der Waals surface area contributed by atoms with Crippen LogP contribution in [-0.4, -0.2) is 17.9 Å². The molecule has 4 nitrogen and oxygen atoms in total. The van der Waals surface area contributed by atoms with Crippen LogP contribution in [0.25, 0.3) is 0 Å². The Hall–Kier alpha value is -2.36. The first kappa shape index (κ1) is 13.6. The van der Waals surface area contributed by atoms with Crippen molar-refractivity contribution in [2.45, 2.75) is 25.8 Å². The van der Waals surface area contributed by atoms with Gasteiger partial charge in [0.15, 0.2) is 0 Å². The van der Waals surface area contributed by atoms with Crippen LogP contribution in [0.2, 0.25) is 0 Å². The Morgan fingerprint density at radius 2 is 2.14 bits per heavy atom. The third kappa shape index (κ3) is 2.89. The molecule has 0 amide bonds. The van der Waals surface area contributed by atoms with Crippen molar-refractivity contribution < 1.29 is 0 Å². The van der Waals surface area contributed by atoms with Gasteiger partial charge in [0.05, 0.1) is 0 Å². The van der Waals surface area contributed by atoms with Crippen molar-refractivity contribution in [3.05, 3.63) is 58.8 Å². The van der Waals surface area contributed by atoms with Gasteiger partial charge in [-0.15, -0.1) is 0 Å². The minimum absolute atomic E-state index is 0.107. The summed E-state index contributed by atoms with van der Waals surface area (Å²) in [5, 5.41) is 7.51. The fourth-order valence-corrected chi connectivity index (χ4v) is 2.81. The zero-order chi connectivity index (χ0) is 14.8. The number of amidine groups is 1. The molecule has 0 fully saturated rings. The number of anilines is 1. The zero-order valence-corrected chi connectivity index (χ0v) is 12.3. The van der Waals surface area contributed by atoms with E-state index in [0.29, 0.717) is 0 Å². The minimum atomic E-state index is 0.107. The maximum Gasteiger partial charge on any atom is 0.128 e. The van der Waals surface area contributed by atoms with Crippen LogP contribution in [0, 0.1) is 5.41 Å². The largest absolute Gasteiger partial charge is 0.384 e. The summed E-state index contributed by atoms with van der Waals surface area (Å²) in [7, 11) is 2.05. The molecule has 2 aromatic rings. The Morgan fingerprint density at radius 3 is 2.95 bits per heavy atom. The second-order valence-corrected chi connectivity index (χ2v) is 5.60. The molecule has 0 radical (unpaired) electrons. The molecule has 0 bridgehead atoms. The molecular formula is C17H20N4. The van der Waals surface area contributed by atoms with E-state index >= 15 is 0 Å². The lowest BCUT2D eigenvalue weighted by atomic mass is 10.1. The van der Waals surface area contributed by atoms with Gasteiger partial charge >= 0.3 is 0 Å². The number of benzene rings is 1. The highest BCUT2D eigenvalue weighted by Gasteiger charge is 2.14. The first-order valence-electron chi connectivity index (χ1n) is 7.27. The third-order valence-electron chi connectivity index (χ3n) is 3.96. The average molecular weight is 280 g/mol. The van der Waals surface area contributed by atoms with Crippen molar-refractivity contribution in [1.29, 1.82) is 5.41 Å². The molecule has 1 aromatic heterocycles. The molecule has 3 rings (SSSR count). The van der Waals surface area contributed by atoms with Crippen LogP contribution < -0.4 is 10.6 Å². The Labute approximate surface area is 125 Å². The topological polar surface area (TPSA) is 66.0 Å². The quantitative estimate of drug-likeness (QED) is 0.668. The molecule has 0 saturated carbocycles. The molecule has 21 heavy (non-hydrogen) atoms. The molecule has 3 N–H and O–H groups in total. The summed E-state index contributed by atoms with van der Waals surface area (Å²) < 4.78 is 0. The molecule has 1 heterocycles. The van der Waals surface area contributed by atoms with Crippen molar-refractivity contribution in [2.24, 2.45) is 5.73 Å². The number of aromatic nitrogens is 1. The number of nitrogens with one attached hydrogen (secondary N) is 1. The number of hydrogen-bond acceptors (Lipinski definition) is 3. The first-order valence-corrected chi connectivity index (χ1v) is 7.27. The molecule has 0 saturated heterocycles. The molecule has 0 unspecified atom stereocenters. The van der Waals surface area contributed by atoms with Crippen LogP contribution in [0.15, 0.2) is 36.4 Å². The lowest BCUT2D eigenvalue weighted by molar-refractivity contribution is 0.873. The van der Waals surface area contributed by atoms with Gasteiger partial charge in [0, 0.05) is 24.8 Å². The summed E-state index contributed by atoms with van der Waals surface area (Å²) in [6.45, 7) is 0.757. The molecule has 1 aromatic carbocycles. The number of hydrogen-bond donors (Lipinski definition) is 2. The normalized spacial score (nSPS) is 13.0. The van der Waals surface area contributed by atoms with Gasteiger partial charge in [-0.1, -0.05) is 24.3 Å². The molecule has 0 aliphatic heterocycles. The lowest BCUT2D eigenvalue weighted by Gasteiger charge is -2.19. The van der Waals surface area contributed by atoms with E-state index in [2.05, 4.69) is 23.1 Å². The number of rotatable bonds is 4. The molecule has 4 heteroatoms. The van der Waals surface area contributed by atoms with E-state index in [1.54, 1.807) is 0 Å². The predicted octanol–water partition coefficient (Wildman–Crippen LogP) is 2.49. The summed E-state index contributed by atoms with van der Waals surface area (Å²) in [4.78, 5) is 6.90. The van der Waals surface area contributed by atoms with Crippen molar-refractivity contribution in [2.75, 3.05) is 11.9 Å². The Balaban J connectivity index is 1.78. The fraction of sp³-hybridized carbons (Fsp3) is 0.294. The SMILES string of the molecule is CN(Cc1cccc(C(=N)N)c1)c1ccc2c(n1)CCC2. The summed E-state index contributed by atoms with van der Waals surface area (Å²) in [5.74, 6) is 1.11. The lowest BCUT2D eigenvalue weighted by Crippen LogP contribution is -2.19. The second kappa shape index (κ2) is 5.56. The van der Waals surface area contributed by atoms with E-state index in [9.17, 15) is 0 Å². The average Bonchev–Trinajstić information content (AvgIpc) is 2.94. The van der Waals surface area contributed by atoms with Gasteiger partial charge in [-0.05, 0) is 42.5 Å². The molecule has 1 aliphatic carbocycles. The number of nitrogen functional groups attached to an aromatic ring is 1. The van der Waals surface area contributed by atoms with Crippen LogP contribution in [0.1, 0.15) is 28.8 Å². The molecule has 0 atom stereocenters. The molecule has 108 valence electrons. The van der Waals surface area contributed by atoms with E-state index in [1.165, 1.54) is 17.7 Å². The van der Waals surface area contributed by atoms with Crippen LogP contribution in [0.5, 0.6) is 0 Å². The number of pyridine rings is 1. The van der Waals surface area contributed by atoms with Crippen molar-refractivity contribution >= 4 is 11.7 Å². The summed E-state index contributed by atoms with van der Waals surface area (Å²) >= 11 is 0. The van der Waals surface area contributed by atoms with E-state index in [0.717, 1.165) is 36.3 Å². The van der Waals surface area contributed by atoms with Crippen molar-refractivity contribution in [1.82, 2.24) is 4.98 Å². The highest BCUT2D eigenvalue weighted by Crippen LogP contribution is 2.23. The van der Waals surface area contributed by atoms with Gasteiger partial charge in [0.25, 0.3) is 0 Å². The number of fused-ring (bicyclic) bond motifs is 1. The molecular weight excluding hydrogens is 260 g/mol. The van der Waals surface area contributed by atoms with Crippen molar-refractivity contribution in [3.63, 3.8) is 0 Å². The smallest absolute Gasteiger partial charge is 0.128 e. The van der Waals surface area contributed by atoms with Gasteiger partial charge < -0.3 is 10.6 Å². The van der Waals surface area contributed by atoms with Gasteiger partial charge in [-0.2, -0.15) is 0 Å². The number of nitrogens with zero attached hydrogens (tertiary/aromatic N) is 2. The van der Waals surface area contributed by atoms with Crippen molar-refractivity contribution in [3.8, 4) is 0 Å². The Bertz CT molecular complexity index is 678. The monoisotopic (exact) mass is 280 g/mol. The maximum atomic E-state index is 7.51.